The molecule has 1 saturated heterocycles. The van der Waals surface area contributed by atoms with Crippen molar-refractivity contribution < 1.29 is 4.39 Å². The monoisotopic (exact) mass is 213 g/mol. The molecule has 1 aliphatic heterocycles. The number of hydrogen-bond donors (Lipinski definition) is 1. The topological polar surface area (TPSA) is 12.0 Å². The van der Waals surface area contributed by atoms with Crippen molar-refractivity contribution in [3.63, 3.8) is 0 Å². The van der Waals surface area contributed by atoms with Crippen LogP contribution >= 0.6 is 11.6 Å². The zero-order chi connectivity index (χ0) is 9.97. The van der Waals surface area contributed by atoms with Crippen molar-refractivity contribution in [2.45, 2.75) is 6.42 Å². The molecule has 1 aromatic rings. The lowest BCUT2D eigenvalue weighted by molar-refractivity contribution is 0.628. The molecule has 0 amide bonds. The highest BCUT2D eigenvalue weighted by Crippen LogP contribution is 2.40. The zero-order valence-corrected chi connectivity index (χ0v) is 8.60. The Labute approximate surface area is 88.3 Å². The SMILES string of the molecule is C1NCC2CC12.Fc1ccccc1Cl. The maximum absolute atomic E-state index is 12.2. The predicted octanol–water partition coefficient (Wildman–Crippen LogP) is 2.70. The number of rotatable bonds is 0. The summed E-state index contributed by atoms with van der Waals surface area (Å²) < 4.78 is 12.2. The minimum Gasteiger partial charge on any atom is -0.316 e. The zero-order valence-electron chi connectivity index (χ0n) is 7.84. The van der Waals surface area contributed by atoms with Gasteiger partial charge in [-0.05, 0) is 43.5 Å². The van der Waals surface area contributed by atoms with Crippen LogP contribution in [0, 0.1) is 17.7 Å². The molecule has 3 rings (SSSR count). The van der Waals surface area contributed by atoms with Crippen LogP contribution in [0.5, 0.6) is 0 Å². The van der Waals surface area contributed by atoms with Crippen LogP contribution in [0.1, 0.15) is 6.42 Å². The summed E-state index contributed by atoms with van der Waals surface area (Å²) in [7, 11) is 0. The molecule has 2 fully saturated rings. The fraction of sp³-hybridized carbons (Fsp3) is 0.455. The Balaban J connectivity index is 0.000000110. The Morgan fingerprint density at radius 1 is 1.21 bits per heavy atom. The van der Waals surface area contributed by atoms with Gasteiger partial charge in [0, 0.05) is 0 Å². The molecule has 1 aromatic carbocycles. The lowest BCUT2D eigenvalue weighted by Gasteiger charge is -1.87. The maximum atomic E-state index is 12.2. The van der Waals surface area contributed by atoms with Gasteiger partial charge in [-0.25, -0.2) is 4.39 Å². The van der Waals surface area contributed by atoms with Gasteiger partial charge in [-0.1, -0.05) is 23.7 Å². The number of nitrogens with one attached hydrogen (secondary N) is 1. The normalized spacial score (nSPS) is 27.6. The molecule has 2 aliphatic rings. The standard InChI is InChI=1S/C6H4ClF.C5H9N/c7-5-3-1-2-4-6(5)8;1-4-2-6-3-5(1)4/h1-4H;4-6H,1-3H2. The Bertz CT molecular complexity index is 287. The van der Waals surface area contributed by atoms with Gasteiger partial charge in [0.1, 0.15) is 5.82 Å². The van der Waals surface area contributed by atoms with Crippen LogP contribution in [-0.2, 0) is 0 Å². The second kappa shape index (κ2) is 4.28. The predicted molar refractivity (Wildman–Crippen MR) is 55.9 cm³/mol. The number of hydrogen-bond acceptors (Lipinski definition) is 1. The van der Waals surface area contributed by atoms with Crippen molar-refractivity contribution in [1.82, 2.24) is 5.32 Å². The minimum atomic E-state index is -0.367. The van der Waals surface area contributed by atoms with E-state index in [1.54, 1.807) is 12.1 Å². The molecule has 2 unspecified atom stereocenters. The van der Waals surface area contributed by atoms with Gasteiger partial charge in [-0.15, -0.1) is 0 Å². The van der Waals surface area contributed by atoms with Crippen molar-refractivity contribution in [2.24, 2.45) is 11.8 Å². The third kappa shape index (κ3) is 2.46. The Morgan fingerprint density at radius 3 is 2.14 bits per heavy atom. The lowest BCUT2D eigenvalue weighted by Crippen LogP contribution is -2.10. The number of benzene rings is 1. The van der Waals surface area contributed by atoms with Crippen molar-refractivity contribution in [3.05, 3.63) is 35.1 Å². The molecule has 3 heteroatoms. The molecule has 2 atom stereocenters. The first-order valence-corrected chi connectivity index (χ1v) is 5.26. The molecule has 1 saturated carbocycles. The molecule has 0 spiro atoms. The average Bonchev–Trinajstić information content (AvgIpc) is 2.80. The van der Waals surface area contributed by atoms with Crippen LogP contribution in [0.3, 0.4) is 0 Å². The van der Waals surface area contributed by atoms with Crippen LogP contribution in [0.4, 0.5) is 4.39 Å². The Hall–Kier alpha value is -0.600. The first-order valence-electron chi connectivity index (χ1n) is 4.88. The van der Waals surface area contributed by atoms with Gasteiger partial charge in [-0.3, -0.25) is 0 Å². The van der Waals surface area contributed by atoms with Crippen LogP contribution < -0.4 is 5.32 Å². The summed E-state index contributed by atoms with van der Waals surface area (Å²) in [5.41, 5.74) is 0. The molecule has 1 N–H and O–H groups in total. The van der Waals surface area contributed by atoms with Gasteiger partial charge in [0.25, 0.3) is 0 Å². The summed E-state index contributed by atoms with van der Waals surface area (Å²) in [6.45, 7) is 2.62. The molecule has 0 radical (unpaired) electrons. The lowest BCUT2D eigenvalue weighted by atomic mass is 10.4. The van der Waals surface area contributed by atoms with Gasteiger partial charge >= 0.3 is 0 Å². The summed E-state index contributed by atoms with van der Waals surface area (Å²) in [5, 5.41) is 3.50. The van der Waals surface area contributed by atoms with E-state index in [1.807, 2.05) is 0 Å². The van der Waals surface area contributed by atoms with Crippen LogP contribution in [0.2, 0.25) is 5.02 Å². The van der Waals surface area contributed by atoms with Crippen molar-refractivity contribution in [1.29, 1.82) is 0 Å². The van der Waals surface area contributed by atoms with E-state index in [4.69, 9.17) is 11.6 Å². The van der Waals surface area contributed by atoms with Gasteiger partial charge in [0.15, 0.2) is 0 Å². The van der Waals surface area contributed by atoms with Gasteiger partial charge in [-0.2, -0.15) is 0 Å². The van der Waals surface area contributed by atoms with Crippen LogP contribution in [-0.4, -0.2) is 13.1 Å². The maximum Gasteiger partial charge on any atom is 0.141 e. The van der Waals surface area contributed by atoms with Crippen LogP contribution in [0.25, 0.3) is 0 Å². The van der Waals surface area contributed by atoms with Crippen LogP contribution in [0.15, 0.2) is 24.3 Å². The van der Waals surface area contributed by atoms with Crippen molar-refractivity contribution in [3.8, 4) is 0 Å². The molecule has 1 aliphatic carbocycles. The van der Waals surface area contributed by atoms with Crippen molar-refractivity contribution >= 4 is 11.6 Å². The molecule has 0 aromatic heterocycles. The summed E-state index contributed by atoms with van der Waals surface area (Å²) in [5.74, 6) is 1.84. The Morgan fingerprint density at radius 2 is 1.86 bits per heavy atom. The highest BCUT2D eigenvalue weighted by Gasteiger charge is 2.40. The van der Waals surface area contributed by atoms with Crippen molar-refractivity contribution in [2.75, 3.05) is 13.1 Å². The highest BCUT2D eigenvalue weighted by molar-refractivity contribution is 6.30. The smallest absolute Gasteiger partial charge is 0.141 e. The molecule has 76 valence electrons. The fourth-order valence-corrected chi connectivity index (χ4v) is 1.84. The third-order valence-electron chi connectivity index (χ3n) is 2.71. The minimum absolute atomic E-state index is 0.174. The van der Waals surface area contributed by atoms with Gasteiger partial charge in [0.2, 0.25) is 0 Å². The van der Waals surface area contributed by atoms with E-state index < -0.39 is 0 Å². The quantitative estimate of drug-likeness (QED) is 0.699. The first-order chi connectivity index (χ1) is 6.77. The number of halogens is 2. The summed E-state index contributed by atoms with van der Waals surface area (Å²) in [4.78, 5) is 0. The molecule has 1 nitrogen and oxygen atoms in total. The third-order valence-corrected chi connectivity index (χ3v) is 3.01. The number of piperidine rings is 1. The molecule has 14 heavy (non-hydrogen) atoms. The summed E-state index contributed by atoms with van der Waals surface area (Å²) in [6.07, 6.45) is 1.52. The van der Waals surface area contributed by atoms with E-state index >= 15 is 0 Å². The van der Waals surface area contributed by atoms with E-state index in [0.717, 1.165) is 11.8 Å². The molecular weight excluding hydrogens is 201 g/mol. The fourth-order valence-electron chi connectivity index (χ4n) is 1.70. The first kappa shape index (κ1) is 9.94. The van der Waals surface area contributed by atoms with E-state index in [1.165, 1.54) is 31.6 Å². The van der Waals surface area contributed by atoms with E-state index in [0.29, 0.717) is 0 Å². The van der Waals surface area contributed by atoms with E-state index in [-0.39, 0.29) is 10.8 Å². The second-order valence-corrected chi connectivity index (χ2v) is 4.24. The van der Waals surface area contributed by atoms with Gasteiger partial charge < -0.3 is 5.32 Å². The second-order valence-electron chi connectivity index (χ2n) is 3.83. The molecule has 1 heterocycles. The van der Waals surface area contributed by atoms with E-state index in [9.17, 15) is 4.39 Å². The van der Waals surface area contributed by atoms with E-state index in [2.05, 4.69) is 5.32 Å². The number of fused-ring (bicyclic) bond motifs is 1. The summed E-state index contributed by atoms with van der Waals surface area (Å²) >= 11 is 5.33. The average molecular weight is 214 g/mol. The largest absolute Gasteiger partial charge is 0.316 e. The molecule has 0 bridgehead atoms. The highest BCUT2D eigenvalue weighted by atomic mass is 35.5. The van der Waals surface area contributed by atoms with Gasteiger partial charge in [0.05, 0.1) is 5.02 Å². The summed E-state index contributed by atoms with van der Waals surface area (Å²) in [6, 6.07) is 6.12. The Kier molecular flexibility index (Phi) is 3.04. The molecular formula is C11H13ClFN.